The van der Waals surface area contributed by atoms with Crippen molar-refractivity contribution < 1.29 is 5.11 Å². The molecule has 2 unspecified atom stereocenters. The van der Waals surface area contributed by atoms with Crippen molar-refractivity contribution >= 4 is 24.4 Å². The van der Waals surface area contributed by atoms with E-state index < -0.39 is 0 Å². The molecule has 0 aromatic rings. The summed E-state index contributed by atoms with van der Waals surface area (Å²) >= 11 is 5.96. The molecule has 1 saturated heterocycles. The van der Waals surface area contributed by atoms with Crippen LogP contribution < -0.4 is 0 Å². The van der Waals surface area contributed by atoms with Gasteiger partial charge in [0, 0.05) is 5.75 Å². The highest BCUT2D eigenvalue weighted by molar-refractivity contribution is 7.99. The lowest BCUT2D eigenvalue weighted by molar-refractivity contribution is 0.143. The molecule has 0 amide bonds. The van der Waals surface area contributed by atoms with Crippen LogP contribution in [0.5, 0.6) is 0 Å². The van der Waals surface area contributed by atoms with Gasteiger partial charge in [-0.1, -0.05) is 0 Å². The first-order chi connectivity index (χ1) is 4.34. The third-order valence-electron chi connectivity index (χ3n) is 1.70. The summed E-state index contributed by atoms with van der Waals surface area (Å²) < 4.78 is 0. The van der Waals surface area contributed by atoms with E-state index in [-0.39, 0.29) is 6.10 Å². The summed E-state index contributed by atoms with van der Waals surface area (Å²) in [6.45, 7) is 0. The Morgan fingerprint density at radius 3 is 3.00 bits per heavy atom. The summed E-state index contributed by atoms with van der Waals surface area (Å²) in [7, 11) is 0. The molecule has 2 atom stereocenters. The molecule has 0 bridgehead atoms. The Morgan fingerprint density at radius 1 is 1.78 bits per heavy atom. The van der Waals surface area contributed by atoms with Crippen LogP contribution in [0.25, 0.3) is 0 Å². The minimum atomic E-state index is -0.164. The number of rotatable bonds is 2. The number of aliphatic hydroxyl groups is 1. The Kier molecular flexibility index (Phi) is 3.22. The minimum Gasteiger partial charge on any atom is -0.392 e. The van der Waals surface area contributed by atoms with Gasteiger partial charge in [0.05, 0.1) is 6.10 Å². The van der Waals surface area contributed by atoms with Crippen LogP contribution in [0.3, 0.4) is 0 Å². The van der Waals surface area contributed by atoms with Gasteiger partial charge < -0.3 is 5.11 Å². The molecule has 0 saturated carbocycles. The Morgan fingerprint density at radius 2 is 2.56 bits per heavy atom. The first-order valence-electron chi connectivity index (χ1n) is 3.21. The lowest BCUT2D eigenvalue weighted by Gasteiger charge is -2.13. The normalized spacial score (nSPS) is 30.7. The van der Waals surface area contributed by atoms with E-state index in [1.807, 2.05) is 11.8 Å². The molecule has 3 heteroatoms. The molecule has 0 aromatic heterocycles. The Hall–Kier alpha value is 0.660. The summed E-state index contributed by atoms with van der Waals surface area (Å²) in [6.07, 6.45) is 1.01. The molecule has 54 valence electrons. The maximum atomic E-state index is 9.27. The van der Waals surface area contributed by atoms with Crippen molar-refractivity contribution in [3.63, 3.8) is 0 Å². The predicted octanol–water partition coefficient (Wildman–Crippen LogP) is 1.03. The van der Waals surface area contributed by atoms with Gasteiger partial charge in [0.15, 0.2) is 0 Å². The summed E-state index contributed by atoms with van der Waals surface area (Å²) in [4.78, 5) is 0. The average Bonchev–Trinajstić information content (AvgIpc) is 2.37. The van der Waals surface area contributed by atoms with Crippen molar-refractivity contribution in [2.45, 2.75) is 12.5 Å². The van der Waals surface area contributed by atoms with E-state index in [4.69, 9.17) is 0 Å². The van der Waals surface area contributed by atoms with Crippen LogP contribution in [0.15, 0.2) is 0 Å². The molecule has 9 heavy (non-hydrogen) atoms. The fourth-order valence-corrected chi connectivity index (χ4v) is 2.63. The van der Waals surface area contributed by atoms with Crippen LogP contribution in [-0.2, 0) is 0 Å². The maximum absolute atomic E-state index is 9.27. The lowest BCUT2D eigenvalue weighted by atomic mass is 10.0. The number of thioether (sulfide) groups is 1. The van der Waals surface area contributed by atoms with E-state index >= 15 is 0 Å². The third kappa shape index (κ3) is 2.06. The van der Waals surface area contributed by atoms with Gasteiger partial charge in [-0.05, 0) is 23.8 Å². The van der Waals surface area contributed by atoms with Crippen molar-refractivity contribution in [1.82, 2.24) is 0 Å². The Bertz CT molecular complexity index is 81.1. The molecule has 1 fully saturated rings. The molecule has 1 rings (SSSR count). The second-order valence-electron chi connectivity index (χ2n) is 2.37. The van der Waals surface area contributed by atoms with Crippen LogP contribution >= 0.6 is 24.4 Å². The van der Waals surface area contributed by atoms with Crippen LogP contribution in [0.2, 0.25) is 0 Å². The van der Waals surface area contributed by atoms with Gasteiger partial charge in [-0.15, -0.1) is 0 Å². The molecule has 0 spiro atoms. The smallest absolute Gasteiger partial charge is 0.0664 e. The van der Waals surface area contributed by atoms with E-state index in [2.05, 4.69) is 12.6 Å². The lowest BCUT2D eigenvalue weighted by Crippen LogP contribution is -2.21. The monoisotopic (exact) mass is 164 g/mol. The fourth-order valence-electron chi connectivity index (χ4n) is 1.01. The van der Waals surface area contributed by atoms with E-state index in [9.17, 15) is 5.11 Å². The average molecular weight is 164 g/mol. The number of hydrogen-bond donors (Lipinski definition) is 2. The van der Waals surface area contributed by atoms with E-state index in [1.54, 1.807) is 0 Å². The molecule has 1 aliphatic heterocycles. The first-order valence-corrected chi connectivity index (χ1v) is 5.00. The zero-order valence-electron chi connectivity index (χ0n) is 5.29. The van der Waals surface area contributed by atoms with Gasteiger partial charge in [0.1, 0.15) is 0 Å². The molecule has 1 aliphatic rings. The molecule has 0 aromatic carbocycles. The van der Waals surface area contributed by atoms with Crippen LogP contribution in [0, 0.1) is 5.92 Å². The van der Waals surface area contributed by atoms with Gasteiger partial charge in [0.25, 0.3) is 0 Å². The number of thiol groups is 1. The summed E-state index contributed by atoms with van der Waals surface area (Å²) in [5, 5.41) is 9.27. The van der Waals surface area contributed by atoms with Gasteiger partial charge in [0.2, 0.25) is 0 Å². The van der Waals surface area contributed by atoms with E-state index in [0.29, 0.717) is 11.7 Å². The van der Waals surface area contributed by atoms with Crippen LogP contribution in [-0.4, -0.2) is 28.5 Å². The summed E-state index contributed by atoms with van der Waals surface area (Å²) in [5.41, 5.74) is 0. The molecule has 0 aliphatic carbocycles. The van der Waals surface area contributed by atoms with Crippen molar-refractivity contribution in [1.29, 1.82) is 0 Å². The zero-order chi connectivity index (χ0) is 6.69. The molecular formula is C6H12OS2. The quantitative estimate of drug-likeness (QED) is 0.595. The highest BCUT2D eigenvalue weighted by Gasteiger charge is 2.21. The summed E-state index contributed by atoms with van der Waals surface area (Å²) in [6, 6.07) is 0. The topological polar surface area (TPSA) is 20.2 Å². The Labute approximate surface area is 65.6 Å². The van der Waals surface area contributed by atoms with Crippen molar-refractivity contribution in [2.24, 2.45) is 5.92 Å². The van der Waals surface area contributed by atoms with Crippen molar-refractivity contribution in [3.8, 4) is 0 Å². The fraction of sp³-hybridized carbons (Fsp3) is 1.00. The van der Waals surface area contributed by atoms with E-state index in [0.717, 1.165) is 5.75 Å². The SMILES string of the molecule is OC(CS)C1CCSC1. The van der Waals surface area contributed by atoms with E-state index in [1.165, 1.54) is 12.2 Å². The highest BCUT2D eigenvalue weighted by Crippen LogP contribution is 2.26. The number of aliphatic hydroxyl groups excluding tert-OH is 1. The van der Waals surface area contributed by atoms with Gasteiger partial charge >= 0.3 is 0 Å². The molecule has 0 radical (unpaired) electrons. The van der Waals surface area contributed by atoms with Crippen molar-refractivity contribution in [3.05, 3.63) is 0 Å². The van der Waals surface area contributed by atoms with Gasteiger partial charge in [-0.3, -0.25) is 0 Å². The number of hydrogen-bond acceptors (Lipinski definition) is 3. The maximum Gasteiger partial charge on any atom is 0.0664 e. The molecule has 1 heterocycles. The molecule has 1 nitrogen and oxygen atoms in total. The second kappa shape index (κ2) is 3.74. The predicted molar refractivity (Wildman–Crippen MR) is 45.3 cm³/mol. The largest absolute Gasteiger partial charge is 0.392 e. The highest BCUT2D eigenvalue weighted by atomic mass is 32.2. The van der Waals surface area contributed by atoms with Crippen LogP contribution in [0.1, 0.15) is 6.42 Å². The first kappa shape index (κ1) is 7.76. The van der Waals surface area contributed by atoms with Crippen LogP contribution in [0.4, 0.5) is 0 Å². The molecule has 1 N–H and O–H groups in total. The van der Waals surface area contributed by atoms with Gasteiger partial charge in [-0.2, -0.15) is 24.4 Å². The zero-order valence-corrected chi connectivity index (χ0v) is 7.00. The molecular weight excluding hydrogens is 152 g/mol. The second-order valence-corrected chi connectivity index (χ2v) is 3.89. The van der Waals surface area contributed by atoms with Gasteiger partial charge in [-0.25, -0.2) is 0 Å². The third-order valence-corrected chi connectivity index (χ3v) is 3.26. The van der Waals surface area contributed by atoms with Crippen molar-refractivity contribution in [2.75, 3.05) is 17.3 Å². The summed E-state index contributed by atoms with van der Waals surface area (Å²) in [5.74, 6) is 3.48. The Balaban J connectivity index is 2.24. The minimum absolute atomic E-state index is 0.164. The standard InChI is InChI=1S/C6H12OS2/c7-6(3-8)5-1-2-9-4-5/h5-8H,1-4H2.